The smallest absolute Gasteiger partial charge is 0.339 e. The minimum absolute atomic E-state index is 0.117. The molecule has 1 aromatic rings. The van der Waals surface area contributed by atoms with Gasteiger partial charge in [0.05, 0.1) is 31.2 Å². The van der Waals surface area contributed by atoms with Gasteiger partial charge in [0.25, 0.3) is 0 Å². The lowest BCUT2D eigenvalue weighted by molar-refractivity contribution is -0.356. The van der Waals surface area contributed by atoms with Crippen LogP contribution >= 0.6 is 0 Å². The van der Waals surface area contributed by atoms with Gasteiger partial charge < -0.3 is 38.3 Å². The van der Waals surface area contributed by atoms with Gasteiger partial charge >= 0.3 is 23.9 Å². The molecular weight excluding hydrogens is 564 g/mol. The van der Waals surface area contributed by atoms with E-state index >= 15 is 0 Å². The van der Waals surface area contributed by atoms with E-state index in [0.717, 1.165) is 0 Å². The van der Waals surface area contributed by atoms with Gasteiger partial charge in [-0.25, -0.2) is 9.59 Å². The number of aliphatic hydroxyl groups is 2. The summed E-state index contributed by atoms with van der Waals surface area (Å²) in [5.41, 5.74) is -4.56. The second-order valence-electron chi connectivity index (χ2n) is 13.3. The van der Waals surface area contributed by atoms with Crippen molar-refractivity contribution in [1.29, 1.82) is 0 Å². The van der Waals surface area contributed by atoms with Gasteiger partial charge in [-0.15, -0.1) is 0 Å². The van der Waals surface area contributed by atoms with Crippen molar-refractivity contribution in [3.05, 3.63) is 36.3 Å². The largest absolute Gasteiger partial charge is 0.472 e. The van der Waals surface area contributed by atoms with Crippen molar-refractivity contribution in [2.45, 2.75) is 96.6 Å². The highest BCUT2D eigenvalue weighted by atomic mass is 16.6. The Labute approximate surface area is 249 Å². The summed E-state index contributed by atoms with van der Waals surface area (Å²) in [5.74, 6) is -4.60. The van der Waals surface area contributed by atoms with E-state index in [-0.39, 0.29) is 12.8 Å². The van der Waals surface area contributed by atoms with Crippen LogP contribution < -0.4 is 0 Å². The lowest BCUT2D eigenvalue weighted by Gasteiger charge is -2.72. The molecule has 5 rings (SSSR count). The van der Waals surface area contributed by atoms with Crippen LogP contribution in [0.2, 0.25) is 0 Å². The molecule has 2 bridgehead atoms. The molecule has 4 fully saturated rings. The molecule has 43 heavy (non-hydrogen) atoms. The van der Waals surface area contributed by atoms with E-state index in [1.54, 1.807) is 26.8 Å². The first-order valence-corrected chi connectivity index (χ1v) is 14.4. The molecule has 12 heteroatoms. The molecule has 11 atom stereocenters. The SMILES string of the molecule is C=C1C2CC(OC(C)=O)C3(C)C(c4ccoc4)OC(=O)C(O)C13OC1CC(OC(C)=O)C(C)(C)C(C(O)C(=O)OC)C12C. The number of methoxy groups -OCH3 is 1. The first-order valence-electron chi connectivity index (χ1n) is 14.4. The molecule has 4 aliphatic rings. The molecule has 2 aliphatic heterocycles. The summed E-state index contributed by atoms with van der Waals surface area (Å²) in [6.45, 7) is 14.1. The van der Waals surface area contributed by atoms with Gasteiger partial charge in [0.2, 0.25) is 0 Å². The molecule has 0 radical (unpaired) electrons. The average molecular weight is 605 g/mol. The number of aliphatic hydroxyl groups excluding tert-OH is 2. The maximum Gasteiger partial charge on any atom is 0.339 e. The number of hydrogen-bond donors (Lipinski definition) is 2. The van der Waals surface area contributed by atoms with Crippen LogP contribution in [0.4, 0.5) is 0 Å². The third-order valence-corrected chi connectivity index (χ3v) is 10.9. The molecular formula is C31H40O12. The fraction of sp³-hybridized carbons (Fsp3) is 0.677. The normalized spacial score (nSPS) is 42.0. The Balaban J connectivity index is 1.77. The van der Waals surface area contributed by atoms with Crippen LogP contribution in [0.1, 0.15) is 66.1 Å². The van der Waals surface area contributed by atoms with E-state index in [4.69, 9.17) is 28.1 Å². The molecule has 2 aliphatic carbocycles. The zero-order chi connectivity index (χ0) is 31.9. The first-order chi connectivity index (χ1) is 20.0. The molecule has 2 saturated heterocycles. The monoisotopic (exact) mass is 604 g/mol. The van der Waals surface area contributed by atoms with Crippen LogP contribution in [-0.4, -0.2) is 77.3 Å². The number of hydrogen-bond acceptors (Lipinski definition) is 12. The molecule has 1 aromatic heterocycles. The van der Waals surface area contributed by atoms with Crippen molar-refractivity contribution in [3.63, 3.8) is 0 Å². The number of carbonyl (C=O) groups is 4. The predicted octanol–water partition coefficient (Wildman–Crippen LogP) is 2.41. The Morgan fingerprint density at radius 1 is 1.07 bits per heavy atom. The molecule has 0 aromatic carbocycles. The molecule has 2 saturated carbocycles. The first kappa shape index (κ1) is 31.2. The number of carbonyl (C=O) groups excluding carboxylic acids is 4. The third kappa shape index (κ3) is 4.05. The molecule has 12 nitrogen and oxygen atoms in total. The minimum atomic E-state index is -1.87. The van der Waals surface area contributed by atoms with Gasteiger partial charge in [0, 0.05) is 42.6 Å². The summed E-state index contributed by atoms with van der Waals surface area (Å²) in [6.07, 6.45) is -4.23. The summed E-state index contributed by atoms with van der Waals surface area (Å²) in [6, 6.07) is 1.61. The summed E-state index contributed by atoms with van der Waals surface area (Å²) in [4.78, 5) is 51.2. The van der Waals surface area contributed by atoms with Crippen molar-refractivity contribution in [2.75, 3.05) is 7.11 Å². The molecule has 236 valence electrons. The maximum absolute atomic E-state index is 13.4. The fourth-order valence-corrected chi connectivity index (χ4v) is 9.05. The van der Waals surface area contributed by atoms with E-state index in [2.05, 4.69) is 6.58 Å². The molecule has 0 amide bonds. The number of esters is 4. The summed E-state index contributed by atoms with van der Waals surface area (Å²) in [5, 5.41) is 23.3. The number of ether oxygens (including phenoxy) is 5. The number of fused-ring (bicyclic) bond motifs is 3. The third-order valence-electron chi connectivity index (χ3n) is 10.9. The van der Waals surface area contributed by atoms with Gasteiger partial charge in [0.1, 0.15) is 23.9 Å². The van der Waals surface area contributed by atoms with Crippen LogP contribution in [0.15, 0.2) is 35.2 Å². The lowest BCUT2D eigenvalue weighted by Crippen LogP contribution is -2.80. The van der Waals surface area contributed by atoms with Crippen molar-refractivity contribution in [1.82, 2.24) is 0 Å². The Bertz CT molecular complexity index is 1330. The van der Waals surface area contributed by atoms with Crippen LogP contribution in [0.25, 0.3) is 0 Å². The van der Waals surface area contributed by atoms with Crippen LogP contribution in [0.3, 0.4) is 0 Å². The second kappa shape index (κ2) is 10.2. The number of rotatable bonds is 5. The zero-order valence-electron chi connectivity index (χ0n) is 25.4. The van der Waals surface area contributed by atoms with Crippen molar-refractivity contribution in [3.8, 4) is 0 Å². The average Bonchev–Trinajstić information content (AvgIpc) is 3.45. The number of cyclic esters (lactones) is 1. The fourth-order valence-electron chi connectivity index (χ4n) is 9.05. The highest BCUT2D eigenvalue weighted by Gasteiger charge is 2.80. The predicted molar refractivity (Wildman–Crippen MR) is 146 cm³/mol. The summed E-state index contributed by atoms with van der Waals surface area (Å²) < 4.78 is 34.7. The van der Waals surface area contributed by atoms with Crippen molar-refractivity contribution >= 4 is 23.9 Å². The molecule has 1 spiro atoms. The Hall–Kier alpha value is -3.22. The minimum Gasteiger partial charge on any atom is -0.472 e. The van der Waals surface area contributed by atoms with Crippen LogP contribution in [0, 0.1) is 28.1 Å². The van der Waals surface area contributed by atoms with Gasteiger partial charge in [-0.1, -0.05) is 27.4 Å². The topological polar surface area (TPSA) is 168 Å². The van der Waals surface area contributed by atoms with Crippen molar-refractivity contribution < 1.29 is 57.5 Å². The van der Waals surface area contributed by atoms with Gasteiger partial charge in [-0.05, 0) is 30.9 Å². The highest BCUT2D eigenvalue weighted by molar-refractivity contribution is 5.80. The standard InChI is InChI=1S/C31H40O12/c1-14-18-11-21(41-16(3)33)30(7)25(17-9-10-39-13-17)42-27(37)24(35)31(14,30)43-20-12-19(40-15(2)32)28(4,5)23(29(18,20)6)22(34)26(36)38-8/h9-10,13,18-25,34-35H,1,11-12H2,2-8H3. The van der Waals surface area contributed by atoms with E-state index < -0.39 is 94.2 Å². The maximum atomic E-state index is 13.4. The zero-order valence-corrected chi connectivity index (χ0v) is 25.4. The Morgan fingerprint density at radius 2 is 1.70 bits per heavy atom. The molecule has 2 N–H and O–H groups in total. The van der Waals surface area contributed by atoms with Crippen molar-refractivity contribution in [2.24, 2.45) is 28.1 Å². The van der Waals surface area contributed by atoms with E-state index in [1.165, 1.54) is 33.5 Å². The van der Waals surface area contributed by atoms with Crippen LogP contribution in [0.5, 0.6) is 0 Å². The Morgan fingerprint density at radius 3 is 2.26 bits per heavy atom. The van der Waals surface area contributed by atoms with E-state index in [0.29, 0.717) is 11.1 Å². The summed E-state index contributed by atoms with van der Waals surface area (Å²) in [7, 11) is 1.17. The summed E-state index contributed by atoms with van der Waals surface area (Å²) >= 11 is 0. The van der Waals surface area contributed by atoms with Gasteiger partial charge in [0.15, 0.2) is 12.2 Å². The molecule has 11 unspecified atom stereocenters. The van der Waals surface area contributed by atoms with E-state index in [9.17, 15) is 29.4 Å². The van der Waals surface area contributed by atoms with Gasteiger partial charge in [-0.2, -0.15) is 0 Å². The second-order valence-corrected chi connectivity index (χ2v) is 13.3. The molecule has 3 heterocycles. The Kier molecular flexibility index (Phi) is 7.38. The number of furan rings is 1. The van der Waals surface area contributed by atoms with E-state index in [1.807, 2.05) is 6.92 Å². The van der Waals surface area contributed by atoms with Crippen LogP contribution in [-0.2, 0) is 42.9 Å². The lowest BCUT2D eigenvalue weighted by atomic mass is 9.40. The highest BCUT2D eigenvalue weighted by Crippen LogP contribution is 2.72. The quantitative estimate of drug-likeness (QED) is 0.287. The van der Waals surface area contributed by atoms with Gasteiger partial charge in [-0.3, -0.25) is 9.59 Å².